The maximum atomic E-state index is 5.70. The Bertz CT molecular complexity index is 387. The lowest BCUT2D eigenvalue weighted by Crippen LogP contribution is -1.87. The van der Waals surface area contributed by atoms with Crippen molar-refractivity contribution < 1.29 is 4.42 Å². The topological polar surface area (TPSA) is 52.0 Å². The van der Waals surface area contributed by atoms with Gasteiger partial charge in [-0.1, -0.05) is 0 Å². The van der Waals surface area contributed by atoms with E-state index in [9.17, 15) is 0 Å². The highest BCUT2D eigenvalue weighted by atomic mass is 16.3. The zero-order chi connectivity index (χ0) is 9.26. The molecule has 0 unspecified atom stereocenters. The summed E-state index contributed by atoms with van der Waals surface area (Å²) in [6.07, 6.45) is 3.17. The van der Waals surface area contributed by atoms with Gasteiger partial charge in [-0.25, -0.2) is 4.98 Å². The van der Waals surface area contributed by atoms with Gasteiger partial charge in [0.1, 0.15) is 6.26 Å². The van der Waals surface area contributed by atoms with Gasteiger partial charge in [0, 0.05) is 11.3 Å². The average molecular weight is 174 g/mol. The molecule has 1 heterocycles. The normalized spacial score (nSPS) is 10.2. The Morgan fingerprint density at radius 2 is 2.15 bits per heavy atom. The maximum absolute atomic E-state index is 5.70. The molecule has 0 aliphatic carbocycles. The molecule has 66 valence electrons. The predicted molar refractivity (Wildman–Crippen MR) is 51.1 cm³/mol. The lowest BCUT2D eigenvalue weighted by Gasteiger charge is -2.00. The fraction of sp³-hybridized carbons (Fsp3) is 0.100. The molecular formula is C10H10N2O. The van der Waals surface area contributed by atoms with Crippen LogP contribution in [0.5, 0.6) is 0 Å². The molecule has 0 saturated heterocycles. The molecule has 0 atom stereocenters. The molecule has 1 aromatic carbocycles. The number of aromatic nitrogens is 1. The molecule has 0 radical (unpaired) electrons. The van der Waals surface area contributed by atoms with Crippen LogP contribution in [0.1, 0.15) is 5.56 Å². The van der Waals surface area contributed by atoms with E-state index in [0.29, 0.717) is 5.89 Å². The molecule has 2 N–H and O–H groups in total. The lowest BCUT2D eigenvalue weighted by molar-refractivity contribution is 0.574. The van der Waals surface area contributed by atoms with E-state index in [1.54, 1.807) is 12.5 Å². The van der Waals surface area contributed by atoms with Gasteiger partial charge >= 0.3 is 0 Å². The molecule has 0 aliphatic heterocycles. The van der Waals surface area contributed by atoms with E-state index in [4.69, 9.17) is 10.2 Å². The van der Waals surface area contributed by atoms with Crippen molar-refractivity contribution in [2.45, 2.75) is 6.92 Å². The van der Waals surface area contributed by atoms with Crippen molar-refractivity contribution in [1.82, 2.24) is 4.98 Å². The van der Waals surface area contributed by atoms with Gasteiger partial charge in [-0.2, -0.15) is 0 Å². The first-order valence-corrected chi connectivity index (χ1v) is 4.03. The number of hydrogen-bond donors (Lipinski definition) is 1. The number of oxazole rings is 1. The summed E-state index contributed by atoms with van der Waals surface area (Å²) in [6, 6.07) is 5.74. The number of nitrogen functional groups attached to an aromatic ring is 1. The molecule has 0 amide bonds. The predicted octanol–water partition coefficient (Wildman–Crippen LogP) is 2.23. The van der Waals surface area contributed by atoms with Crippen LogP contribution in [-0.4, -0.2) is 4.98 Å². The minimum Gasteiger partial charge on any atom is -0.445 e. The van der Waals surface area contributed by atoms with E-state index in [2.05, 4.69) is 4.98 Å². The van der Waals surface area contributed by atoms with Gasteiger partial charge in [0.05, 0.1) is 6.20 Å². The molecule has 13 heavy (non-hydrogen) atoms. The van der Waals surface area contributed by atoms with E-state index in [-0.39, 0.29) is 0 Å². The molecule has 0 bridgehead atoms. The first kappa shape index (κ1) is 7.86. The Balaban J connectivity index is 2.53. The molecule has 0 fully saturated rings. The van der Waals surface area contributed by atoms with E-state index in [0.717, 1.165) is 16.8 Å². The van der Waals surface area contributed by atoms with Crippen LogP contribution in [0.2, 0.25) is 0 Å². The second-order valence-corrected chi connectivity index (χ2v) is 2.97. The average Bonchev–Trinajstić information content (AvgIpc) is 2.53. The Morgan fingerprint density at radius 3 is 2.77 bits per heavy atom. The van der Waals surface area contributed by atoms with Gasteiger partial charge < -0.3 is 10.2 Å². The van der Waals surface area contributed by atoms with Gasteiger partial charge in [0.2, 0.25) is 5.89 Å². The summed E-state index contributed by atoms with van der Waals surface area (Å²) in [4.78, 5) is 4.05. The van der Waals surface area contributed by atoms with Crippen LogP contribution < -0.4 is 5.73 Å². The summed E-state index contributed by atoms with van der Waals surface area (Å²) < 4.78 is 5.16. The van der Waals surface area contributed by atoms with E-state index in [1.165, 1.54) is 0 Å². The summed E-state index contributed by atoms with van der Waals surface area (Å²) >= 11 is 0. The smallest absolute Gasteiger partial charge is 0.225 e. The van der Waals surface area contributed by atoms with Crippen molar-refractivity contribution >= 4 is 5.69 Å². The third-order valence-electron chi connectivity index (χ3n) is 1.78. The third kappa shape index (κ3) is 1.54. The molecular weight excluding hydrogens is 164 g/mol. The van der Waals surface area contributed by atoms with Gasteiger partial charge in [0.15, 0.2) is 0 Å². The fourth-order valence-electron chi connectivity index (χ4n) is 1.30. The van der Waals surface area contributed by atoms with Gasteiger partial charge in [-0.3, -0.25) is 0 Å². The van der Waals surface area contributed by atoms with Crippen LogP contribution >= 0.6 is 0 Å². The standard InChI is InChI=1S/C10H10N2O/c1-7-4-8(6-9(11)5-7)10-12-2-3-13-10/h2-6H,11H2,1H3. The van der Waals surface area contributed by atoms with Gasteiger partial charge in [-0.15, -0.1) is 0 Å². The van der Waals surface area contributed by atoms with Crippen LogP contribution in [-0.2, 0) is 0 Å². The monoisotopic (exact) mass is 174 g/mol. The number of hydrogen-bond acceptors (Lipinski definition) is 3. The SMILES string of the molecule is Cc1cc(N)cc(-c2ncco2)c1. The number of benzene rings is 1. The minimum absolute atomic E-state index is 0.607. The first-order chi connectivity index (χ1) is 6.25. The molecule has 1 aromatic heterocycles. The van der Waals surface area contributed by atoms with Gasteiger partial charge in [-0.05, 0) is 30.7 Å². The minimum atomic E-state index is 0.607. The Labute approximate surface area is 76.2 Å². The van der Waals surface area contributed by atoms with Crippen molar-refractivity contribution in [1.29, 1.82) is 0 Å². The Morgan fingerprint density at radius 1 is 1.31 bits per heavy atom. The highest BCUT2D eigenvalue weighted by Gasteiger charge is 2.02. The van der Waals surface area contributed by atoms with Crippen LogP contribution in [0.15, 0.2) is 35.1 Å². The Kier molecular flexibility index (Phi) is 1.77. The van der Waals surface area contributed by atoms with Crippen molar-refractivity contribution in [2.75, 3.05) is 5.73 Å². The molecule has 2 aromatic rings. The molecule has 3 nitrogen and oxygen atoms in total. The largest absolute Gasteiger partial charge is 0.445 e. The number of rotatable bonds is 1. The van der Waals surface area contributed by atoms with Crippen molar-refractivity contribution in [3.05, 3.63) is 36.2 Å². The van der Waals surface area contributed by atoms with E-state index in [1.807, 2.05) is 25.1 Å². The summed E-state index contributed by atoms with van der Waals surface area (Å²) in [5.74, 6) is 0.607. The first-order valence-electron chi connectivity index (χ1n) is 4.03. The number of nitrogens with zero attached hydrogens (tertiary/aromatic N) is 1. The molecule has 3 heteroatoms. The van der Waals surface area contributed by atoms with E-state index < -0.39 is 0 Å². The van der Waals surface area contributed by atoms with Crippen molar-refractivity contribution in [3.8, 4) is 11.5 Å². The third-order valence-corrected chi connectivity index (χ3v) is 1.78. The molecule has 0 spiro atoms. The summed E-state index contributed by atoms with van der Waals surface area (Å²) in [7, 11) is 0. The molecule has 0 saturated carbocycles. The lowest BCUT2D eigenvalue weighted by atomic mass is 10.1. The second kappa shape index (κ2) is 2.94. The number of nitrogens with two attached hydrogens (primary N) is 1. The summed E-state index contributed by atoms with van der Waals surface area (Å²) in [6.45, 7) is 1.99. The van der Waals surface area contributed by atoms with Crippen molar-refractivity contribution in [3.63, 3.8) is 0 Å². The maximum Gasteiger partial charge on any atom is 0.225 e. The van der Waals surface area contributed by atoms with Gasteiger partial charge in [0.25, 0.3) is 0 Å². The zero-order valence-corrected chi connectivity index (χ0v) is 7.32. The molecule has 2 rings (SSSR count). The van der Waals surface area contributed by atoms with Crippen LogP contribution in [0, 0.1) is 6.92 Å². The Hall–Kier alpha value is -1.77. The zero-order valence-electron chi connectivity index (χ0n) is 7.32. The molecule has 0 aliphatic rings. The van der Waals surface area contributed by atoms with Crippen molar-refractivity contribution in [2.24, 2.45) is 0 Å². The highest BCUT2D eigenvalue weighted by molar-refractivity contribution is 5.61. The van der Waals surface area contributed by atoms with E-state index >= 15 is 0 Å². The fourth-order valence-corrected chi connectivity index (χ4v) is 1.30. The van der Waals surface area contributed by atoms with Crippen LogP contribution in [0.4, 0.5) is 5.69 Å². The highest BCUT2D eigenvalue weighted by Crippen LogP contribution is 2.21. The quantitative estimate of drug-likeness (QED) is 0.674. The second-order valence-electron chi connectivity index (χ2n) is 2.97. The summed E-state index contributed by atoms with van der Waals surface area (Å²) in [5.41, 5.74) is 8.45. The van der Waals surface area contributed by atoms with Crippen LogP contribution in [0.25, 0.3) is 11.5 Å². The number of anilines is 1. The summed E-state index contributed by atoms with van der Waals surface area (Å²) in [5, 5.41) is 0. The van der Waals surface area contributed by atoms with Crippen LogP contribution in [0.3, 0.4) is 0 Å². The number of aryl methyl sites for hydroxylation is 1.